The number of hydrogen-bond donors (Lipinski definition) is 5. The SMILES string of the molecule is O=C(O)[C@@H](Cc1ccc(O)cc1)NC(=O)[C@@H](Cc1ccccc1)NCCCCS(=O)(=O)O. The number of rotatable bonds is 13. The Hall–Kier alpha value is -2.95. The fourth-order valence-corrected chi connectivity index (χ4v) is 3.70. The molecular weight excluding hydrogens is 436 g/mol. The first-order chi connectivity index (χ1) is 15.1. The number of nitrogens with one attached hydrogen (secondary N) is 2. The summed E-state index contributed by atoms with van der Waals surface area (Å²) in [5.41, 5.74) is 1.52. The first-order valence-corrected chi connectivity index (χ1v) is 11.8. The van der Waals surface area contributed by atoms with Crippen LogP contribution in [0.3, 0.4) is 0 Å². The highest BCUT2D eigenvalue weighted by atomic mass is 32.2. The maximum absolute atomic E-state index is 12.9. The van der Waals surface area contributed by atoms with E-state index in [0.717, 1.165) is 5.56 Å². The van der Waals surface area contributed by atoms with Crippen molar-refractivity contribution in [3.63, 3.8) is 0 Å². The minimum Gasteiger partial charge on any atom is -0.508 e. The number of hydrogen-bond acceptors (Lipinski definition) is 6. The van der Waals surface area contributed by atoms with Crippen molar-refractivity contribution in [3.8, 4) is 5.75 Å². The number of carboxylic acids is 1. The number of amides is 1. The van der Waals surface area contributed by atoms with Crippen LogP contribution in [0, 0.1) is 0 Å². The van der Waals surface area contributed by atoms with Crippen LogP contribution in [0.15, 0.2) is 54.6 Å². The van der Waals surface area contributed by atoms with E-state index in [1.54, 1.807) is 12.1 Å². The lowest BCUT2D eigenvalue weighted by Crippen LogP contribution is -2.52. The molecule has 0 radical (unpaired) electrons. The summed E-state index contributed by atoms with van der Waals surface area (Å²) in [5, 5.41) is 24.6. The maximum Gasteiger partial charge on any atom is 0.326 e. The highest BCUT2D eigenvalue weighted by Crippen LogP contribution is 2.12. The molecule has 2 rings (SSSR count). The molecule has 0 unspecified atom stereocenters. The average Bonchev–Trinajstić information content (AvgIpc) is 2.73. The molecule has 2 atom stereocenters. The molecule has 0 aliphatic rings. The molecule has 0 bridgehead atoms. The fourth-order valence-electron chi connectivity index (χ4n) is 3.13. The van der Waals surface area contributed by atoms with Crippen molar-refractivity contribution in [2.75, 3.05) is 12.3 Å². The van der Waals surface area contributed by atoms with Crippen molar-refractivity contribution in [2.45, 2.75) is 37.8 Å². The standard InChI is InChI=1S/C22H28N2O7S/c25-18-10-8-17(9-11-18)15-20(22(27)28)24-21(26)19(14-16-6-2-1-3-7-16)23-12-4-5-13-32(29,30)31/h1-3,6-11,19-20,23,25H,4-5,12-15H2,(H,24,26)(H,27,28)(H,29,30,31)/t19-,20-/m1/s1. The van der Waals surface area contributed by atoms with E-state index in [0.29, 0.717) is 24.9 Å². The first-order valence-electron chi connectivity index (χ1n) is 10.2. The van der Waals surface area contributed by atoms with Crippen LogP contribution < -0.4 is 10.6 Å². The van der Waals surface area contributed by atoms with Crippen LogP contribution in [-0.4, -0.2) is 59.4 Å². The molecule has 5 N–H and O–H groups in total. The number of benzene rings is 2. The van der Waals surface area contributed by atoms with Crippen molar-refractivity contribution in [1.82, 2.24) is 10.6 Å². The van der Waals surface area contributed by atoms with Crippen molar-refractivity contribution in [3.05, 3.63) is 65.7 Å². The van der Waals surface area contributed by atoms with Gasteiger partial charge in [0.1, 0.15) is 11.8 Å². The van der Waals surface area contributed by atoms with Gasteiger partial charge in [0, 0.05) is 6.42 Å². The number of phenols is 1. The predicted octanol–water partition coefficient (Wildman–Crippen LogP) is 1.37. The molecule has 2 aromatic carbocycles. The largest absolute Gasteiger partial charge is 0.508 e. The summed E-state index contributed by atoms with van der Waals surface area (Å²) in [6.07, 6.45) is 1.00. The second-order valence-electron chi connectivity index (χ2n) is 7.46. The molecule has 174 valence electrons. The summed E-state index contributed by atoms with van der Waals surface area (Å²) in [6.45, 7) is 0.316. The highest BCUT2D eigenvalue weighted by Gasteiger charge is 2.25. The lowest BCUT2D eigenvalue weighted by molar-refractivity contribution is -0.142. The summed E-state index contributed by atoms with van der Waals surface area (Å²) < 4.78 is 30.5. The van der Waals surface area contributed by atoms with Gasteiger partial charge in [-0.05, 0) is 49.1 Å². The Labute approximate surface area is 187 Å². The van der Waals surface area contributed by atoms with E-state index >= 15 is 0 Å². The molecule has 32 heavy (non-hydrogen) atoms. The van der Waals surface area contributed by atoms with Gasteiger partial charge in [-0.1, -0.05) is 42.5 Å². The summed E-state index contributed by atoms with van der Waals surface area (Å²) in [4.78, 5) is 24.6. The maximum atomic E-state index is 12.9. The monoisotopic (exact) mass is 464 g/mol. The van der Waals surface area contributed by atoms with E-state index < -0.39 is 34.1 Å². The van der Waals surface area contributed by atoms with Crippen molar-refractivity contribution in [2.24, 2.45) is 0 Å². The summed E-state index contributed by atoms with van der Waals surface area (Å²) >= 11 is 0. The third-order valence-corrected chi connectivity index (χ3v) is 5.61. The van der Waals surface area contributed by atoms with Crippen LogP contribution in [0.1, 0.15) is 24.0 Å². The minimum atomic E-state index is -4.04. The van der Waals surface area contributed by atoms with Gasteiger partial charge in [0.2, 0.25) is 5.91 Å². The zero-order valence-electron chi connectivity index (χ0n) is 17.5. The predicted molar refractivity (Wildman–Crippen MR) is 119 cm³/mol. The smallest absolute Gasteiger partial charge is 0.326 e. The number of aliphatic carboxylic acids is 1. The Morgan fingerprint density at radius 3 is 2.06 bits per heavy atom. The number of carbonyl (C=O) groups is 2. The molecule has 0 fully saturated rings. The zero-order valence-corrected chi connectivity index (χ0v) is 18.3. The fraction of sp³-hybridized carbons (Fsp3) is 0.364. The lowest BCUT2D eigenvalue weighted by atomic mass is 10.0. The molecule has 0 spiro atoms. The van der Waals surface area contributed by atoms with E-state index in [9.17, 15) is 28.2 Å². The van der Waals surface area contributed by atoms with Crippen LogP contribution in [0.4, 0.5) is 0 Å². The summed E-state index contributed by atoms with van der Waals surface area (Å²) in [7, 11) is -4.04. The number of carbonyl (C=O) groups excluding carboxylic acids is 1. The average molecular weight is 465 g/mol. The van der Waals surface area contributed by atoms with Gasteiger partial charge in [-0.3, -0.25) is 9.35 Å². The lowest BCUT2D eigenvalue weighted by Gasteiger charge is -2.22. The van der Waals surface area contributed by atoms with E-state index in [4.69, 9.17) is 4.55 Å². The molecule has 0 saturated heterocycles. The van der Waals surface area contributed by atoms with Crippen LogP contribution in [0.25, 0.3) is 0 Å². The summed E-state index contributed by atoms with van der Waals surface area (Å²) in [6, 6.07) is 13.4. The molecular formula is C22H28N2O7S. The Bertz CT molecular complexity index is 979. The molecule has 0 aliphatic carbocycles. The van der Waals surface area contributed by atoms with Crippen LogP contribution in [0.5, 0.6) is 5.75 Å². The van der Waals surface area contributed by atoms with Gasteiger partial charge < -0.3 is 20.8 Å². The van der Waals surface area contributed by atoms with E-state index in [1.165, 1.54) is 12.1 Å². The van der Waals surface area contributed by atoms with Crippen molar-refractivity contribution < 1.29 is 32.8 Å². The first kappa shape index (κ1) is 25.3. The van der Waals surface area contributed by atoms with Gasteiger partial charge in [0.15, 0.2) is 0 Å². The van der Waals surface area contributed by atoms with Gasteiger partial charge >= 0.3 is 5.97 Å². The van der Waals surface area contributed by atoms with Gasteiger partial charge in [-0.25, -0.2) is 4.79 Å². The van der Waals surface area contributed by atoms with E-state index in [1.807, 2.05) is 30.3 Å². The Morgan fingerprint density at radius 1 is 0.875 bits per heavy atom. The van der Waals surface area contributed by atoms with Crippen LogP contribution >= 0.6 is 0 Å². The normalized spacial score (nSPS) is 13.3. The molecule has 0 aliphatic heterocycles. The van der Waals surface area contributed by atoms with Gasteiger partial charge in [0.25, 0.3) is 10.1 Å². The van der Waals surface area contributed by atoms with Crippen molar-refractivity contribution >= 4 is 22.0 Å². The topological polar surface area (TPSA) is 153 Å². The molecule has 0 saturated carbocycles. The Kier molecular flexibility index (Phi) is 9.63. The summed E-state index contributed by atoms with van der Waals surface area (Å²) in [5.74, 6) is -1.98. The zero-order chi connectivity index (χ0) is 23.6. The molecule has 0 aromatic heterocycles. The second kappa shape index (κ2) is 12.2. The Balaban J connectivity index is 2.03. The van der Waals surface area contributed by atoms with Crippen LogP contribution in [-0.2, 0) is 32.5 Å². The molecule has 1 amide bonds. The molecule has 0 heterocycles. The number of unbranched alkanes of at least 4 members (excludes halogenated alkanes) is 1. The number of aromatic hydroxyl groups is 1. The molecule has 2 aromatic rings. The third kappa shape index (κ3) is 9.46. The molecule has 9 nitrogen and oxygen atoms in total. The van der Waals surface area contributed by atoms with E-state index in [2.05, 4.69) is 10.6 Å². The third-order valence-electron chi connectivity index (χ3n) is 4.81. The van der Waals surface area contributed by atoms with Gasteiger partial charge in [-0.15, -0.1) is 0 Å². The molecule has 10 heteroatoms. The van der Waals surface area contributed by atoms with E-state index in [-0.39, 0.29) is 24.3 Å². The highest BCUT2D eigenvalue weighted by molar-refractivity contribution is 7.85. The van der Waals surface area contributed by atoms with Crippen LogP contribution in [0.2, 0.25) is 0 Å². The number of phenolic OH excluding ortho intramolecular Hbond substituents is 1. The van der Waals surface area contributed by atoms with Crippen molar-refractivity contribution in [1.29, 1.82) is 0 Å². The second-order valence-corrected chi connectivity index (χ2v) is 9.03. The number of carboxylic acid groups (broad SMARTS) is 1. The quantitative estimate of drug-likeness (QED) is 0.220. The van der Waals surface area contributed by atoms with Gasteiger partial charge in [-0.2, -0.15) is 8.42 Å². The Morgan fingerprint density at radius 2 is 1.47 bits per heavy atom. The van der Waals surface area contributed by atoms with Gasteiger partial charge in [0.05, 0.1) is 11.8 Å². The minimum absolute atomic E-state index is 0.0494.